The van der Waals surface area contributed by atoms with Crippen molar-refractivity contribution in [1.82, 2.24) is 15.6 Å². The highest BCUT2D eigenvalue weighted by Gasteiger charge is 2.31. The summed E-state index contributed by atoms with van der Waals surface area (Å²) in [5, 5.41) is 5.42. The zero-order chi connectivity index (χ0) is 22.3. The minimum absolute atomic E-state index is 0.0602. The number of piperidine rings is 1. The highest BCUT2D eigenvalue weighted by atomic mass is 19.4. The fraction of sp³-hybridized carbons (Fsp3) is 0.318. The molecule has 0 spiro atoms. The van der Waals surface area contributed by atoms with Crippen LogP contribution in [0.3, 0.4) is 0 Å². The zero-order valence-corrected chi connectivity index (χ0v) is 16.7. The minimum atomic E-state index is -4.41. The number of hydrogen-bond acceptors (Lipinski definition) is 4. The van der Waals surface area contributed by atoms with E-state index in [2.05, 4.69) is 15.6 Å². The number of aromatic nitrogens is 1. The van der Waals surface area contributed by atoms with E-state index in [4.69, 9.17) is 0 Å². The molecule has 9 heteroatoms. The molecule has 0 radical (unpaired) electrons. The molecular formula is C22H23F3N4O2. The lowest BCUT2D eigenvalue weighted by atomic mass is 10.0. The molecule has 0 unspecified atom stereocenters. The van der Waals surface area contributed by atoms with Crippen LogP contribution in [0, 0.1) is 0 Å². The van der Waals surface area contributed by atoms with Gasteiger partial charge in [0, 0.05) is 31.4 Å². The third-order valence-corrected chi connectivity index (χ3v) is 4.91. The number of hydrogen-bond donors (Lipinski definition) is 2. The van der Waals surface area contributed by atoms with Crippen molar-refractivity contribution in [3.8, 4) is 0 Å². The number of nitrogens with zero attached hydrogens (tertiary/aromatic N) is 2. The van der Waals surface area contributed by atoms with Gasteiger partial charge in [-0.3, -0.25) is 9.59 Å². The first-order valence-corrected chi connectivity index (χ1v) is 9.90. The number of benzene rings is 1. The van der Waals surface area contributed by atoms with Crippen molar-refractivity contribution in [1.29, 1.82) is 0 Å². The smallest absolute Gasteiger partial charge is 0.356 e. The van der Waals surface area contributed by atoms with Gasteiger partial charge in [-0.25, -0.2) is 4.98 Å². The first kappa shape index (κ1) is 22.3. The van der Waals surface area contributed by atoms with Gasteiger partial charge in [-0.15, -0.1) is 0 Å². The maximum Gasteiger partial charge on any atom is 0.417 e. The van der Waals surface area contributed by atoms with Crippen LogP contribution in [0.1, 0.15) is 24.0 Å². The summed E-state index contributed by atoms with van der Waals surface area (Å²) in [6, 6.07) is 11.7. The van der Waals surface area contributed by atoms with Crippen LogP contribution in [0.15, 0.2) is 54.7 Å². The number of nitrogens with one attached hydrogen (secondary N) is 2. The number of halogens is 3. The molecule has 1 aliphatic heterocycles. The van der Waals surface area contributed by atoms with Crippen molar-refractivity contribution in [2.45, 2.75) is 25.1 Å². The lowest BCUT2D eigenvalue weighted by molar-refractivity contribution is -0.137. The van der Waals surface area contributed by atoms with Crippen LogP contribution < -0.4 is 15.5 Å². The summed E-state index contributed by atoms with van der Waals surface area (Å²) in [5.74, 6) is -0.162. The Bertz CT molecular complexity index is 907. The van der Waals surface area contributed by atoms with E-state index < -0.39 is 11.7 Å². The Labute approximate surface area is 178 Å². The molecule has 2 N–H and O–H groups in total. The largest absolute Gasteiger partial charge is 0.417 e. The Kier molecular flexibility index (Phi) is 7.28. The van der Waals surface area contributed by atoms with Crippen LogP contribution in [-0.2, 0) is 15.8 Å². The summed E-state index contributed by atoms with van der Waals surface area (Å²) in [5.41, 5.74) is 0.107. The predicted molar refractivity (Wildman–Crippen MR) is 111 cm³/mol. The highest BCUT2D eigenvalue weighted by Crippen LogP contribution is 2.29. The van der Waals surface area contributed by atoms with Crippen LogP contribution in [0.25, 0.3) is 6.08 Å². The van der Waals surface area contributed by atoms with Gasteiger partial charge in [0.2, 0.25) is 11.8 Å². The molecule has 0 saturated carbocycles. The van der Waals surface area contributed by atoms with Gasteiger partial charge >= 0.3 is 6.18 Å². The van der Waals surface area contributed by atoms with Gasteiger partial charge in [0.25, 0.3) is 0 Å². The average Bonchev–Trinajstić information content (AvgIpc) is 2.77. The number of carbonyl (C=O) groups excluding carboxylic acids is 2. The van der Waals surface area contributed by atoms with E-state index in [9.17, 15) is 22.8 Å². The molecule has 1 saturated heterocycles. The van der Waals surface area contributed by atoms with Gasteiger partial charge in [-0.05, 0) is 36.6 Å². The number of carbonyl (C=O) groups is 2. The molecule has 31 heavy (non-hydrogen) atoms. The van der Waals surface area contributed by atoms with E-state index in [-0.39, 0.29) is 24.4 Å². The Morgan fingerprint density at radius 1 is 1.10 bits per heavy atom. The van der Waals surface area contributed by atoms with Crippen molar-refractivity contribution in [2.75, 3.05) is 24.5 Å². The van der Waals surface area contributed by atoms with E-state index in [0.29, 0.717) is 31.7 Å². The first-order chi connectivity index (χ1) is 14.8. The van der Waals surface area contributed by atoms with E-state index in [0.717, 1.165) is 17.8 Å². The van der Waals surface area contributed by atoms with E-state index in [1.54, 1.807) is 6.08 Å². The predicted octanol–water partition coefficient (Wildman–Crippen LogP) is 3.02. The van der Waals surface area contributed by atoms with Crippen LogP contribution >= 0.6 is 0 Å². The van der Waals surface area contributed by atoms with Gasteiger partial charge < -0.3 is 15.5 Å². The summed E-state index contributed by atoms with van der Waals surface area (Å²) in [4.78, 5) is 29.7. The third kappa shape index (κ3) is 6.84. The van der Waals surface area contributed by atoms with Gasteiger partial charge in [0.05, 0.1) is 12.1 Å². The van der Waals surface area contributed by atoms with Gasteiger partial charge in [0.1, 0.15) is 5.82 Å². The zero-order valence-electron chi connectivity index (χ0n) is 16.7. The van der Waals surface area contributed by atoms with E-state index in [1.165, 1.54) is 12.1 Å². The average molecular weight is 432 g/mol. The first-order valence-electron chi connectivity index (χ1n) is 9.90. The summed E-state index contributed by atoms with van der Waals surface area (Å²) in [6.07, 6.45) is 0.733. The Hall–Kier alpha value is -3.36. The second kappa shape index (κ2) is 10.1. The number of alkyl halides is 3. The molecule has 0 aliphatic carbocycles. The van der Waals surface area contributed by atoms with Crippen molar-refractivity contribution in [3.05, 3.63) is 65.9 Å². The van der Waals surface area contributed by atoms with Gasteiger partial charge in [-0.1, -0.05) is 30.3 Å². The molecule has 0 atom stereocenters. The molecule has 1 aromatic carbocycles. The topological polar surface area (TPSA) is 74.3 Å². The lowest BCUT2D eigenvalue weighted by Gasteiger charge is -2.33. The quantitative estimate of drug-likeness (QED) is 0.689. The maximum absolute atomic E-state index is 12.6. The number of amides is 2. The van der Waals surface area contributed by atoms with Crippen LogP contribution in [0.2, 0.25) is 0 Å². The number of anilines is 1. The molecule has 3 rings (SSSR count). The molecule has 1 fully saturated rings. The monoisotopic (exact) mass is 432 g/mol. The maximum atomic E-state index is 12.6. The molecule has 2 aromatic rings. The second-order valence-electron chi connectivity index (χ2n) is 7.19. The highest BCUT2D eigenvalue weighted by molar-refractivity contribution is 5.94. The van der Waals surface area contributed by atoms with E-state index >= 15 is 0 Å². The molecule has 1 aromatic heterocycles. The Balaban J connectivity index is 1.39. The summed E-state index contributed by atoms with van der Waals surface area (Å²) in [6.45, 7) is 1.00. The van der Waals surface area contributed by atoms with E-state index in [1.807, 2.05) is 35.2 Å². The van der Waals surface area contributed by atoms with Gasteiger partial charge in [0.15, 0.2) is 0 Å². The number of rotatable bonds is 6. The van der Waals surface area contributed by atoms with Crippen molar-refractivity contribution < 1.29 is 22.8 Å². The van der Waals surface area contributed by atoms with Crippen molar-refractivity contribution in [2.24, 2.45) is 0 Å². The lowest BCUT2D eigenvalue weighted by Crippen LogP contribution is -2.47. The molecule has 0 bridgehead atoms. The summed E-state index contributed by atoms with van der Waals surface area (Å²) >= 11 is 0. The van der Waals surface area contributed by atoms with Crippen LogP contribution in [-0.4, -0.2) is 42.5 Å². The number of pyridine rings is 1. The Morgan fingerprint density at radius 3 is 2.42 bits per heavy atom. The molecule has 6 nitrogen and oxygen atoms in total. The molecular weight excluding hydrogens is 409 g/mol. The van der Waals surface area contributed by atoms with Crippen LogP contribution in [0.5, 0.6) is 0 Å². The van der Waals surface area contributed by atoms with Crippen molar-refractivity contribution in [3.63, 3.8) is 0 Å². The molecule has 2 amide bonds. The third-order valence-electron chi connectivity index (χ3n) is 4.91. The van der Waals surface area contributed by atoms with Crippen molar-refractivity contribution >= 4 is 23.7 Å². The Morgan fingerprint density at radius 2 is 1.81 bits per heavy atom. The SMILES string of the molecule is O=C(/C=C/c1ccccc1)NCC(=O)NC1CCN(c2ccc(C(F)(F)F)cn2)CC1. The second-order valence-corrected chi connectivity index (χ2v) is 7.19. The molecule has 2 heterocycles. The van der Waals surface area contributed by atoms with Crippen LogP contribution in [0.4, 0.5) is 19.0 Å². The molecule has 1 aliphatic rings. The molecule has 164 valence electrons. The standard InChI is InChI=1S/C22H23F3N4O2/c23-22(24,25)17-7-8-19(26-14-17)29-12-10-18(11-13-29)28-21(31)15-27-20(30)9-6-16-4-2-1-3-5-16/h1-9,14,18H,10-13,15H2,(H,27,30)(H,28,31)/b9-6+. The minimum Gasteiger partial charge on any atom is -0.356 e. The normalized spacial score (nSPS) is 15.1. The van der Waals surface area contributed by atoms with Gasteiger partial charge in [-0.2, -0.15) is 13.2 Å². The fourth-order valence-corrected chi connectivity index (χ4v) is 3.23. The fourth-order valence-electron chi connectivity index (χ4n) is 3.23. The summed E-state index contributed by atoms with van der Waals surface area (Å²) < 4.78 is 37.9. The summed E-state index contributed by atoms with van der Waals surface area (Å²) in [7, 11) is 0.